The van der Waals surface area contributed by atoms with E-state index in [-0.39, 0.29) is 0 Å². The van der Waals surface area contributed by atoms with Crippen molar-refractivity contribution >= 4 is 0 Å². The van der Waals surface area contributed by atoms with E-state index in [4.69, 9.17) is 9.47 Å². The van der Waals surface area contributed by atoms with E-state index >= 15 is 0 Å². The molecule has 0 atom stereocenters. The largest absolute Gasteiger partial charge is 0.490 e. The highest BCUT2D eigenvalue weighted by molar-refractivity contribution is 5.39. The average molecular weight is 265 g/mol. The van der Waals surface area contributed by atoms with Crippen molar-refractivity contribution in [3.8, 4) is 11.5 Å². The third kappa shape index (κ3) is 7.06. The Hall–Kier alpha value is -1.22. The smallest absolute Gasteiger partial charge is 0.161 e. The summed E-state index contributed by atoms with van der Waals surface area (Å²) >= 11 is 0. The van der Waals surface area contributed by atoms with Gasteiger partial charge in [-0.25, -0.2) is 0 Å². The van der Waals surface area contributed by atoms with Gasteiger partial charge >= 0.3 is 0 Å². The summed E-state index contributed by atoms with van der Waals surface area (Å²) in [4.78, 5) is 0. The van der Waals surface area contributed by atoms with Crippen LogP contribution in [-0.2, 0) is 0 Å². The second-order valence-electron chi connectivity index (χ2n) is 4.56. The molecule has 0 aliphatic carbocycles. The summed E-state index contributed by atoms with van der Waals surface area (Å²) in [6.07, 6.45) is 4.52. The molecule has 1 aromatic carbocycles. The van der Waals surface area contributed by atoms with Crippen LogP contribution in [0.15, 0.2) is 24.3 Å². The maximum absolute atomic E-state index is 5.80. The van der Waals surface area contributed by atoms with Crippen LogP contribution in [0.3, 0.4) is 0 Å². The lowest BCUT2D eigenvalue weighted by Gasteiger charge is -2.12. The molecule has 3 nitrogen and oxygen atoms in total. The highest BCUT2D eigenvalue weighted by Gasteiger charge is 2.03. The fourth-order valence-corrected chi connectivity index (χ4v) is 1.79. The van der Waals surface area contributed by atoms with Crippen molar-refractivity contribution in [2.75, 3.05) is 26.3 Å². The number of hydrogen-bond donors (Lipinski definition) is 1. The van der Waals surface area contributed by atoms with Crippen molar-refractivity contribution in [1.82, 2.24) is 5.32 Å². The van der Waals surface area contributed by atoms with Gasteiger partial charge in [0.1, 0.15) is 0 Å². The van der Waals surface area contributed by atoms with Gasteiger partial charge in [0, 0.05) is 0 Å². The molecule has 0 saturated carbocycles. The Labute approximate surface area is 117 Å². The molecule has 1 N–H and O–H groups in total. The molecule has 0 fully saturated rings. The molecule has 0 unspecified atom stereocenters. The minimum Gasteiger partial charge on any atom is -0.490 e. The molecule has 0 radical (unpaired) electrons. The van der Waals surface area contributed by atoms with Crippen LogP contribution in [0.1, 0.15) is 39.5 Å². The molecule has 0 aliphatic heterocycles. The lowest BCUT2D eigenvalue weighted by Crippen LogP contribution is -2.14. The molecule has 0 aliphatic rings. The molecule has 108 valence electrons. The van der Waals surface area contributed by atoms with E-state index in [0.29, 0.717) is 0 Å². The second-order valence-corrected chi connectivity index (χ2v) is 4.56. The van der Waals surface area contributed by atoms with Gasteiger partial charge in [-0.15, -0.1) is 0 Å². The first-order valence-electron chi connectivity index (χ1n) is 7.43. The van der Waals surface area contributed by atoms with Crippen LogP contribution in [0.4, 0.5) is 0 Å². The van der Waals surface area contributed by atoms with Gasteiger partial charge in [0.05, 0.1) is 13.2 Å². The van der Waals surface area contributed by atoms with Crippen molar-refractivity contribution in [2.24, 2.45) is 0 Å². The normalized spacial score (nSPS) is 10.4. The number of ether oxygens (including phenoxy) is 2. The van der Waals surface area contributed by atoms with Crippen molar-refractivity contribution in [3.63, 3.8) is 0 Å². The third-order valence-corrected chi connectivity index (χ3v) is 2.82. The lowest BCUT2D eigenvalue weighted by molar-refractivity contribution is 0.263. The van der Waals surface area contributed by atoms with Crippen LogP contribution in [0.25, 0.3) is 0 Å². The van der Waals surface area contributed by atoms with Crippen LogP contribution >= 0.6 is 0 Å². The lowest BCUT2D eigenvalue weighted by atomic mass is 10.2. The van der Waals surface area contributed by atoms with E-state index in [1.165, 1.54) is 12.8 Å². The predicted octanol–water partition coefficient (Wildman–Crippen LogP) is 3.63. The van der Waals surface area contributed by atoms with Gasteiger partial charge in [-0.05, 0) is 50.9 Å². The highest BCUT2D eigenvalue weighted by Crippen LogP contribution is 2.26. The van der Waals surface area contributed by atoms with Crippen molar-refractivity contribution in [3.05, 3.63) is 24.3 Å². The predicted molar refractivity (Wildman–Crippen MR) is 80.1 cm³/mol. The van der Waals surface area contributed by atoms with E-state index in [1.807, 2.05) is 24.3 Å². The molecule has 3 heteroatoms. The highest BCUT2D eigenvalue weighted by atomic mass is 16.5. The van der Waals surface area contributed by atoms with Crippen LogP contribution < -0.4 is 14.8 Å². The monoisotopic (exact) mass is 265 g/mol. The zero-order valence-electron chi connectivity index (χ0n) is 12.3. The molecule has 19 heavy (non-hydrogen) atoms. The van der Waals surface area contributed by atoms with E-state index in [9.17, 15) is 0 Å². The first-order chi connectivity index (χ1) is 9.38. The van der Waals surface area contributed by atoms with Crippen molar-refractivity contribution in [2.45, 2.75) is 39.5 Å². The maximum atomic E-state index is 5.80. The van der Waals surface area contributed by atoms with Gasteiger partial charge in [-0.2, -0.15) is 0 Å². The molecule has 0 saturated heterocycles. The molecule has 0 spiro atoms. The van der Waals surface area contributed by atoms with Gasteiger partial charge in [0.2, 0.25) is 0 Å². The number of rotatable bonds is 11. The number of hydrogen-bond acceptors (Lipinski definition) is 3. The zero-order chi connectivity index (χ0) is 13.8. The average Bonchev–Trinajstić information content (AvgIpc) is 2.45. The summed E-state index contributed by atoms with van der Waals surface area (Å²) in [5, 5.41) is 3.33. The topological polar surface area (TPSA) is 30.5 Å². The van der Waals surface area contributed by atoms with E-state index < -0.39 is 0 Å². The SMILES string of the molecule is CCCOc1ccccc1OCCCCCNCC. The van der Waals surface area contributed by atoms with E-state index in [0.717, 1.165) is 50.6 Å². The molecule has 0 aromatic heterocycles. The second kappa shape index (κ2) is 10.7. The Balaban J connectivity index is 2.21. The fraction of sp³-hybridized carbons (Fsp3) is 0.625. The molecule has 0 heterocycles. The molecule has 1 rings (SSSR count). The Morgan fingerprint density at radius 1 is 0.895 bits per heavy atom. The number of para-hydroxylation sites is 2. The number of nitrogens with one attached hydrogen (secondary N) is 1. The van der Waals surface area contributed by atoms with Gasteiger partial charge in [0.25, 0.3) is 0 Å². The minimum atomic E-state index is 0.739. The summed E-state index contributed by atoms with van der Waals surface area (Å²) in [6.45, 7) is 7.90. The summed E-state index contributed by atoms with van der Waals surface area (Å²) in [6, 6.07) is 7.91. The summed E-state index contributed by atoms with van der Waals surface area (Å²) in [5.74, 6) is 1.72. The maximum Gasteiger partial charge on any atom is 0.161 e. The van der Waals surface area contributed by atoms with Gasteiger partial charge in [-0.1, -0.05) is 26.0 Å². The molecule has 0 bridgehead atoms. The molecule has 1 aromatic rings. The standard InChI is InChI=1S/C16H27NO2/c1-3-13-18-15-10-6-7-11-16(15)19-14-9-5-8-12-17-4-2/h6-7,10-11,17H,3-5,8-9,12-14H2,1-2H3. The van der Waals surface area contributed by atoms with Crippen LogP contribution in [0, 0.1) is 0 Å². The fourth-order valence-electron chi connectivity index (χ4n) is 1.79. The summed E-state index contributed by atoms with van der Waals surface area (Å²) < 4.78 is 11.5. The molecule has 0 amide bonds. The van der Waals surface area contributed by atoms with Gasteiger partial charge in [0.15, 0.2) is 11.5 Å². The number of unbranched alkanes of at least 4 members (excludes halogenated alkanes) is 2. The van der Waals surface area contributed by atoms with Gasteiger partial charge in [-0.3, -0.25) is 0 Å². The zero-order valence-corrected chi connectivity index (χ0v) is 12.3. The quantitative estimate of drug-likeness (QED) is 0.620. The number of benzene rings is 1. The Morgan fingerprint density at radius 3 is 2.21 bits per heavy atom. The van der Waals surface area contributed by atoms with Crippen LogP contribution in [-0.4, -0.2) is 26.3 Å². The van der Waals surface area contributed by atoms with Crippen LogP contribution in [0.2, 0.25) is 0 Å². The summed E-state index contributed by atoms with van der Waals surface area (Å²) in [5.41, 5.74) is 0. The molecular formula is C16H27NO2. The first kappa shape index (κ1) is 15.8. The Morgan fingerprint density at radius 2 is 1.58 bits per heavy atom. The third-order valence-electron chi connectivity index (χ3n) is 2.82. The first-order valence-corrected chi connectivity index (χ1v) is 7.43. The Kier molecular flexibility index (Phi) is 8.90. The van der Waals surface area contributed by atoms with E-state index in [1.54, 1.807) is 0 Å². The minimum absolute atomic E-state index is 0.739. The van der Waals surface area contributed by atoms with Gasteiger partial charge < -0.3 is 14.8 Å². The van der Waals surface area contributed by atoms with E-state index in [2.05, 4.69) is 19.2 Å². The van der Waals surface area contributed by atoms with Crippen molar-refractivity contribution < 1.29 is 9.47 Å². The van der Waals surface area contributed by atoms with Crippen LogP contribution in [0.5, 0.6) is 11.5 Å². The Bertz CT molecular complexity index is 328. The van der Waals surface area contributed by atoms with Crippen molar-refractivity contribution in [1.29, 1.82) is 0 Å². The molecular weight excluding hydrogens is 238 g/mol. The summed E-state index contributed by atoms with van der Waals surface area (Å²) in [7, 11) is 0.